The lowest BCUT2D eigenvalue weighted by molar-refractivity contribution is -0.387. The maximum Gasteiger partial charge on any atom is 0.305 e. The monoisotopic (exact) mass is 236 g/mol. The maximum atomic E-state index is 13.0. The number of halogens is 1. The molecule has 0 aliphatic heterocycles. The predicted molar refractivity (Wildman–Crippen MR) is 58.8 cm³/mol. The van der Waals surface area contributed by atoms with Gasteiger partial charge in [0.2, 0.25) is 5.82 Å². The fourth-order valence-corrected chi connectivity index (χ4v) is 1.12. The summed E-state index contributed by atoms with van der Waals surface area (Å²) in [6.07, 6.45) is 5.07. The quantitative estimate of drug-likeness (QED) is 0.491. The fourth-order valence-electron chi connectivity index (χ4n) is 1.12. The molecule has 0 bridgehead atoms. The zero-order valence-electron chi connectivity index (χ0n) is 8.94. The van der Waals surface area contributed by atoms with Gasteiger partial charge in [0.1, 0.15) is 0 Å². The second kappa shape index (κ2) is 5.07. The highest BCUT2D eigenvalue weighted by Crippen LogP contribution is 2.18. The smallest absolute Gasteiger partial charge is 0.305 e. The molecule has 6 heteroatoms. The first kappa shape index (κ1) is 12.6. The number of hydrogen-bond acceptors (Lipinski definition) is 3. The van der Waals surface area contributed by atoms with Gasteiger partial charge in [0, 0.05) is 11.6 Å². The highest BCUT2D eigenvalue weighted by molar-refractivity contribution is 5.95. The molecule has 0 heterocycles. The summed E-state index contributed by atoms with van der Waals surface area (Å²) in [6, 6.07) is 2.38. The van der Waals surface area contributed by atoms with Crippen LogP contribution in [0.5, 0.6) is 0 Å². The van der Waals surface area contributed by atoms with E-state index < -0.39 is 28.4 Å². The molecular weight excluding hydrogens is 227 g/mol. The predicted octanol–water partition coefficient (Wildman–Crippen LogP) is 1.49. The molecule has 0 saturated carbocycles. The fraction of sp³-hybridized carbons (Fsp3) is 0.182. The molecule has 0 radical (unpaired) electrons. The van der Waals surface area contributed by atoms with Gasteiger partial charge in [-0.3, -0.25) is 14.9 Å². The van der Waals surface area contributed by atoms with Crippen LogP contribution in [0.2, 0.25) is 0 Å². The van der Waals surface area contributed by atoms with Gasteiger partial charge in [-0.15, -0.1) is 6.42 Å². The number of benzene rings is 1. The van der Waals surface area contributed by atoms with Gasteiger partial charge in [-0.05, 0) is 19.1 Å². The zero-order chi connectivity index (χ0) is 13.0. The van der Waals surface area contributed by atoms with Crippen LogP contribution >= 0.6 is 0 Å². The number of nitro groups is 1. The molecule has 1 N–H and O–H groups in total. The van der Waals surface area contributed by atoms with Crippen molar-refractivity contribution in [2.75, 3.05) is 0 Å². The Morgan fingerprint density at radius 2 is 2.29 bits per heavy atom. The maximum absolute atomic E-state index is 13.0. The summed E-state index contributed by atoms with van der Waals surface area (Å²) in [5, 5.41) is 12.9. The van der Waals surface area contributed by atoms with E-state index >= 15 is 0 Å². The third-order valence-corrected chi connectivity index (χ3v) is 2.00. The Labute approximate surface area is 96.8 Å². The molecule has 1 unspecified atom stereocenters. The number of amides is 1. The average Bonchev–Trinajstić information content (AvgIpc) is 2.28. The molecule has 0 fully saturated rings. The molecule has 88 valence electrons. The van der Waals surface area contributed by atoms with Crippen LogP contribution in [0, 0.1) is 28.3 Å². The van der Waals surface area contributed by atoms with Crippen LogP contribution in [-0.2, 0) is 0 Å². The number of rotatable bonds is 3. The molecule has 1 aromatic rings. The molecular formula is C11H9FN2O3. The van der Waals surface area contributed by atoms with Gasteiger partial charge in [0.05, 0.1) is 11.0 Å². The summed E-state index contributed by atoms with van der Waals surface area (Å²) >= 11 is 0. The third kappa shape index (κ3) is 3.01. The average molecular weight is 236 g/mol. The van der Waals surface area contributed by atoms with Gasteiger partial charge in [0.15, 0.2) is 0 Å². The Kier molecular flexibility index (Phi) is 3.78. The largest absolute Gasteiger partial charge is 0.339 e. The van der Waals surface area contributed by atoms with Crippen molar-refractivity contribution in [3.8, 4) is 12.3 Å². The highest BCUT2D eigenvalue weighted by atomic mass is 19.1. The Balaban J connectivity index is 3.01. The Morgan fingerprint density at radius 3 is 2.82 bits per heavy atom. The summed E-state index contributed by atoms with van der Waals surface area (Å²) in [7, 11) is 0. The second-order valence-corrected chi connectivity index (χ2v) is 3.29. The van der Waals surface area contributed by atoms with Crippen LogP contribution in [-0.4, -0.2) is 16.9 Å². The first-order valence-corrected chi connectivity index (χ1v) is 4.66. The first-order valence-electron chi connectivity index (χ1n) is 4.66. The van der Waals surface area contributed by atoms with Gasteiger partial charge in [0.25, 0.3) is 5.91 Å². The number of hydrogen-bond donors (Lipinski definition) is 1. The number of carbonyl (C=O) groups excluding carboxylic acids is 1. The van der Waals surface area contributed by atoms with Gasteiger partial charge < -0.3 is 5.32 Å². The van der Waals surface area contributed by atoms with E-state index in [1.165, 1.54) is 0 Å². The molecule has 0 aliphatic rings. The number of nitrogens with one attached hydrogen (secondary N) is 1. The molecule has 0 saturated heterocycles. The molecule has 0 aliphatic carbocycles. The van der Waals surface area contributed by atoms with Crippen molar-refractivity contribution in [1.82, 2.24) is 5.32 Å². The second-order valence-electron chi connectivity index (χ2n) is 3.29. The number of nitro benzene ring substituents is 1. The van der Waals surface area contributed by atoms with E-state index in [-0.39, 0.29) is 5.56 Å². The number of terminal acetylenes is 1. The van der Waals surface area contributed by atoms with E-state index in [1.807, 2.05) is 0 Å². The lowest BCUT2D eigenvalue weighted by Crippen LogP contribution is -2.31. The van der Waals surface area contributed by atoms with E-state index in [1.54, 1.807) is 6.92 Å². The minimum atomic E-state index is -0.989. The molecule has 1 amide bonds. The first-order chi connectivity index (χ1) is 7.95. The van der Waals surface area contributed by atoms with E-state index in [0.717, 1.165) is 18.2 Å². The van der Waals surface area contributed by atoms with Crippen LogP contribution < -0.4 is 5.32 Å². The van der Waals surface area contributed by atoms with Crippen molar-refractivity contribution >= 4 is 11.6 Å². The minimum Gasteiger partial charge on any atom is -0.339 e. The summed E-state index contributed by atoms with van der Waals surface area (Å²) in [5.74, 6) is 0.700. The van der Waals surface area contributed by atoms with E-state index in [9.17, 15) is 19.3 Å². The highest BCUT2D eigenvalue weighted by Gasteiger charge is 2.17. The summed E-state index contributed by atoms with van der Waals surface area (Å²) in [4.78, 5) is 21.1. The van der Waals surface area contributed by atoms with Crippen molar-refractivity contribution in [3.63, 3.8) is 0 Å². The molecule has 0 aromatic heterocycles. The third-order valence-electron chi connectivity index (χ3n) is 2.00. The van der Waals surface area contributed by atoms with E-state index in [4.69, 9.17) is 6.42 Å². The number of carbonyl (C=O) groups is 1. The summed E-state index contributed by atoms with van der Waals surface area (Å²) in [5.41, 5.74) is -0.758. The van der Waals surface area contributed by atoms with Crippen molar-refractivity contribution in [1.29, 1.82) is 0 Å². The SMILES string of the molecule is C#CC(C)NC(=O)c1ccc(F)c([N+](=O)[O-])c1. The van der Waals surface area contributed by atoms with Crippen LogP contribution in [0.25, 0.3) is 0 Å². The van der Waals surface area contributed by atoms with Crippen LogP contribution in [0.15, 0.2) is 18.2 Å². The standard InChI is InChI=1S/C11H9FN2O3/c1-3-7(2)13-11(15)8-4-5-9(12)10(6-8)14(16)17/h1,4-7H,2H3,(H,13,15). The number of nitrogens with zero attached hydrogens (tertiary/aromatic N) is 1. The van der Waals surface area contributed by atoms with Crippen molar-refractivity contribution < 1.29 is 14.1 Å². The zero-order valence-corrected chi connectivity index (χ0v) is 8.94. The van der Waals surface area contributed by atoms with Crippen molar-refractivity contribution in [2.24, 2.45) is 0 Å². The van der Waals surface area contributed by atoms with E-state index in [0.29, 0.717) is 0 Å². The molecule has 1 aromatic carbocycles. The lowest BCUT2D eigenvalue weighted by atomic mass is 10.1. The van der Waals surface area contributed by atoms with E-state index in [2.05, 4.69) is 11.2 Å². The molecule has 17 heavy (non-hydrogen) atoms. The van der Waals surface area contributed by atoms with Gasteiger partial charge in [-0.1, -0.05) is 5.92 Å². The molecule has 1 atom stereocenters. The van der Waals surface area contributed by atoms with Crippen molar-refractivity contribution in [3.05, 3.63) is 39.7 Å². The minimum absolute atomic E-state index is 0.0137. The summed E-state index contributed by atoms with van der Waals surface area (Å²) < 4.78 is 13.0. The molecule has 0 spiro atoms. The summed E-state index contributed by atoms with van der Waals surface area (Å²) in [6.45, 7) is 1.58. The van der Waals surface area contributed by atoms with Gasteiger partial charge in [-0.2, -0.15) is 4.39 Å². The Hall–Kier alpha value is -2.42. The van der Waals surface area contributed by atoms with Crippen LogP contribution in [0.4, 0.5) is 10.1 Å². The lowest BCUT2D eigenvalue weighted by Gasteiger charge is -2.07. The normalized spacial score (nSPS) is 11.4. The van der Waals surface area contributed by atoms with Crippen LogP contribution in [0.1, 0.15) is 17.3 Å². The van der Waals surface area contributed by atoms with Crippen LogP contribution in [0.3, 0.4) is 0 Å². The molecule has 5 nitrogen and oxygen atoms in total. The Bertz CT molecular complexity index is 508. The Morgan fingerprint density at radius 1 is 1.65 bits per heavy atom. The van der Waals surface area contributed by atoms with Gasteiger partial charge >= 0.3 is 5.69 Å². The van der Waals surface area contributed by atoms with Crippen molar-refractivity contribution in [2.45, 2.75) is 13.0 Å². The topological polar surface area (TPSA) is 72.2 Å². The molecule has 1 rings (SSSR count). The van der Waals surface area contributed by atoms with Gasteiger partial charge in [-0.25, -0.2) is 0 Å².